The molecule has 0 aromatic rings. The van der Waals surface area contributed by atoms with E-state index in [1.165, 1.54) is 51.4 Å². The number of hydrogen-bond donors (Lipinski definition) is 1. The lowest BCUT2D eigenvalue weighted by Gasteiger charge is -2.19. The average molecular weight is 342 g/mol. The van der Waals surface area contributed by atoms with Gasteiger partial charge in [-0.2, -0.15) is 0 Å². The second kappa shape index (κ2) is 14.3. The van der Waals surface area contributed by atoms with Gasteiger partial charge in [-0.1, -0.05) is 64.2 Å². The van der Waals surface area contributed by atoms with Crippen LogP contribution >= 0.6 is 0 Å². The molecule has 0 radical (unpaired) electrons. The summed E-state index contributed by atoms with van der Waals surface area (Å²) in [5.74, 6) is -0.251. The van der Waals surface area contributed by atoms with Gasteiger partial charge in [-0.05, 0) is 33.6 Å². The number of hydrogen-bond acceptors (Lipinski definition) is 3. The van der Waals surface area contributed by atoms with Crippen LogP contribution in [0.5, 0.6) is 0 Å². The van der Waals surface area contributed by atoms with E-state index in [0.717, 1.165) is 25.7 Å². The van der Waals surface area contributed by atoms with Gasteiger partial charge in [0, 0.05) is 12.8 Å². The van der Waals surface area contributed by atoms with Gasteiger partial charge in [0.05, 0.1) is 0 Å². The van der Waals surface area contributed by atoms with Crippen molar-refractivity contribution in [3.8, 4) is 0 Å². The van der Waals surface area contributed by atoms with E-state index in [0.29, 0.717) is 12.8 Å². The fourth-order valence-electron chi connectivity index (χ4n) is 2.73. The summed E-state index contributed by atoms with van der Waals surface area (Å²) in [4.78, 5) is 22.1. The number of carbonyl (C=O) groups is 2. The monoisotopic (exact) mass is 341 g/mol. The van der Waals surface area contributed by atoms with Crippen molar-refractivity contribution in [3.63, 3.8) is 0 Å². The topological polar surface area (TPSA) is 69.4 Å². The second-order valence-corrected chi connectivity index (χ2v) is 7.80. The second-order valence-electron chi connectivity index (χ2n) is 7.80. The highest BCUT2D eigenvalue weighted by molar-refractivity contribution is 5.73. The summed E-state index contributed by atoms with van der Waals surface area (Å²) in [5.41, 5.74) is 4.75. The largest absolute Gasteiger partial charge is 0.460 e. The minimum Gasteiger partial charge on any atom is -0.460 e. The Bertz CT molecular complexity index is 334. The fourth-order valence-corrected chi connectivity index (χ4v) is 2.73. The summed E-state index contributed by atoms with van der Waals surface area (Å²) in [5, 5.41) is 0. The number of esters is 1. The first-order valence-electron chi connectivity index (χ1n) is 9.81. The molecule has 0 fully saturated rings. The van der Waals surface area contributed by atoms with Crippen molar-refractivity contribution in [2.75, 3.05) is 0 Å². The Balaban J connectivity index is 3.18. The van der Waals surface area contributed by atoms with Gasteiger partial charge in [0.25, 0.3) is 0 Å². The SMILES string of the molecule is CC(C)(C)OC(=O)CCCCCCCCCCCCCCC(N)=O. The molecule has 0 saturated heterocycles. The Morgan fingerprint density at radius 2 is 1.00 bits per heavy atom. The summed E-state index contributed by atoms with van der Waals surface area (Å²) >= 11 is 0. The van der Waals surface area contributed by atoms with Crippen molar-refractivity contribution in [1.29, 1.82) is 0 Å². The molecule has 4 heteroatoms. The Hall–Kier alpha value is -1.06. The highest BCUT2D eigenvalue weighted by Crippen LogP contribution is 2.14. The number of rotatable bonds is 15. The lowest BCUT2D eigenvalue weighted by Crippen LogP contribution is -2.23. The molecule has 0 bridgehead atoms. The zero-order valence-corrected chi connectivity index (χ0v) is 16.2. The van der Waals surface area contributed by atoms with E-state index in [9.17, 15) is 9.59 Å². The molecule has 4 nitrogen and oxygen atoms in total. The number of primary amides is 1. The summed E-state index contributed by atoms with van der Waals surface area (Å²) in [6.45, 7) is 5.73. The van der Waals surface area contributed by atoms with E-state index in [2.05, 4.69) is 0 Å². The molecule has 0 aliphatic heterocycles. The Kier molecular flexibility index (Phi) is 13.7. The van der Waals surface area contributed by atoms with E-state index in [4.69, 9.17) is 10.5 Å². The van der Waals surface area contributed by atoms with Crippen LogP contribution in [0.4, 0.5) is 0 Å². The third-order valence-electron chi connectivity index (χ3n) is 3.97. The average Bonchev–Trinajstić information content (AvgIpc) is 2.45. The van der Waals surface area contributed by atoms with Gasteiger partial charge in [0.1, 0.15) is 5.60 Å². The molecule has 2 N–H and O–H groups in total. The maximum Gasteiger partial charge on any atom is 0.306 e. The molecule has 0 atom stereocenters. The predicted molar refractivity (Wildman–Crippen MR) is 99.7 cm³/mol. The van der Waals surface area contributed by atoms with Crippen LogP contribution in [0.3, 0.4) is 0 Å². The Morgan fingerprint density at radius 3 is 1.33 bits per heavy atom. The third kappa shape index (κ3) is 19.0. The fraction of sp³-hybridized carbons (Fsp3) is 0.900. The molecule has 0 rings (SSSR count). The van der Waals surface area contributed by atoms with Gasteiger partial charge < -0.3 is 10.5 Å². The van der Waals surface area contributed by atoms with Gasteiger partial charge >= 0.3 is 5.97 Å². The van der Waals surface area contributed by atoms with Gasteiger partial charge in [-0.3, -0.25) is 9.59 Å². The summed E-state index contributed by atoms with van der Waals surface area (Å²) in [7, 11) is 0. The Morgan fingerprint density at radius 1 is 0.667 bits per heavy atom. The van der Waals surface area contributed by atoms with E-state index < -0.39 is 0 Å². The molecule has 0 aliphatic rings. The number of carbonyl (C=O) groups excluding carboxylic acids is 2. The first kappa shape index (κ1) is 22.9. The molecule has 24 heavy (non-hydrogen) atoms. The molecule has 0 heterocycles. The van der Waals surface area contributed by atoms with E-state index in [1.807, 2.05) is 20.8 Å². The maximum atomic E-state index is 11.5. The van der Waals surface area contributed by atoms with Crippen LogP contribution in [0, 0.1) is 0 Å². The van der Waals surface area contributed by atoms with Crippen molar-refractivity contribution in [2.24, 2.45) is 5.73 Å². The lowest BCUT2D eigenvalue weighted by molar-refractivity contribution is -0.154. The highest BCUT2D eigenvalue weighted by Gasteiger charge is 2.15. The van der Waals surface area contributed by atoms with Crippen molar-refractivity contribution >= 4 is 11.9 Å². The molecule has 0 aromatic heterocycles. The number of unbranched alkanes of at least 4 members (excludes halogenated alkanes) is 11. The number of ether oxygens (including phenoxy) is 1. The quantitative estimate of drug-likeness (QED) is 0.325. The van der Waals surface area contributed by atoms with Gasteiger partial charge in [0.2, 0.25) is 5.91 Å². The third-order valence-corrected chi connectivity index (χ3v) is 3.97. The van der Waals surface area contributed by atoms with Crippen LogP contribution in [0.2, 0.25) is 0 Å². The van der Waals surface area contributed by atoms with E-state index in [-0.39, 0.29) is 17.5 Å². The van der Waals surface area contributed by atoms with Crippen LogP contribution in [-0.2, 0) is 14.3 Å². The molecule has 142 valence electrons. The minimum absolute atomic E-state index is 0.0710. The smallest absolute Gasteiger partial charge is 0.306 e. The van der Waals surface area contributed by atoms with E-state index >= 15 is 0 Å². The van der Waals surface area contributed by atoms with Crippen molar-refractivity contribution in [1.82, 2.24) is 0 Å². The first-order chi connectivity index (χ1) is 11.3. The number of amides is 1. The van der Waals surface area contributed by atoms with Crippen LogP contribution < -0.4 is 5.73 Å². The molecular weight excluding hydrogens is 302 g/mol. The summed E-state index contributed by atoms with van der Waals surface area (Å²) < 4.78 is 5.29. The predicted octanol–water partition coefficient (Wildman–Crippen LogP) is 5.27. The normalized spacial score (nSPS) is 11.5. The zero-order valence-electron chi connectivity index (χ0n) is 16.2. The van der Waals surface area contributed by atoms with Gasteiger partial charge in [0.15, 0.2) is 0 Å². The van der Waals surface area contributed by atoms with Crippen molar-refractivity contribution in [3.05, 3.63) is 0 Å². The van der Waals surface area contributed by atoms with Crippen molar-refractivity contribution < 1.29 is 14.3 Å². The molecule has 0 unspecified atom stereocenters. The molecule has 0 spiro atoms. The van der Waals surface area contributed by atoms with Crippen molar-refractivity contribution in [2.45, 2.75) is 116 Å². The van der Waals surface area contributed by atoms with Crippen LogP contribution in [0.25, 0.3) is 0 Å². The van der Waals surface area contributed by atoms with Gasteiger partial charge in [-0.25, -0.2) is 0 Å². The van der Waals surface area contributed by atoms with Crippen LogP contribution in [-0.4, -0.2) is 17.5 Å². The molecule has 0 aromatic carbocycles. The van der Waals surface area contributed by atoms with E-state index in [1.54, 1.807) is 0 Å². The number of nitrogens with two attached hydrogens (primary N) is 1. The van der Waals surface area contributed by atoms with Gasteiger partial charge in [-0.15, -0.1) is 0 Å². The maximum absolute atomic E-state index is 11.5. The standard InChI is InChI=1S/C20H39NO3/c1-20(2,3)24-19(23)17-15-13-11-9-7-5-4-6-8-10-12-14-16-18(21)22/h4-17H2,1-3H3,(H2,21,22). The minimum atomic E-state index is -0.362. The highest BCUT2D eigenvalue weighted by atomic mass is 16.6. The first-order valence-corrected chi connectivity index (χ1v) is 9.81. The molecule has 1 amide bonds. The molecular formula is C20H39NO3. The summed E-state index contributed by atoms with van der Waals surface area (Å²) in [6, 6.07) is 0. The zero-order chi connectivity index (χ0) is 18.3. The molecule has 0 saturated carbocycles. The Labute approximate surface area is 148 Å². The summed E-state index contributed by atoms with van der Waals surface area (Å²) in [6.07, 6.45) is 15.4. The van der Waals surface area contributed by atoms with Crippen LogP contribution in [0.1, 0.15) is 111 Å². The van der Waals surface area contributed by atoms with Crippen LogP contribution in [0.15, 0.2) is 0 Å². The lowest BCUT2D eigenvalue weighted by atomic mass is 10.0. The molecule has 0 aliphatic carbocycles.